The normalized spacial score (nSPS) is 23.1. The van der Waals surface area contributed by atoms with Crippen molar-refractivity contribution in [1.29, 1.82) is 0 Å². The second-order valence-corrected chi connectivity index (χ2v) is 22.7. The number of halogens is 6. The van der Waals surface area contributed by atoms with E-state index < -0.39 is 110 Å². The summed E-state index contributed by atoms with van der Waals surface area (Å²) in [6.45, 7) is 10.2. The number of hydrogen-bond donors (Lipinski definition) is 2. The molecule has 10 atom stereocenters. The number of fused-ring (bicyclic) bond motifs is 2. The van der Waals surface area contributed by atoms with Gasteiger partial charge in [-0.25, -0.2) is 19.2 Å². The van der Waals surface area contributed by atoms with E-state index in [9.17, 15) is 55.7 Å². The quantitative estimate of drug-likeness (QED) is 0.0231. The third-order valence-electron chi connectivity index (χ3n) is 14.5. The lowest BCUT2D eigenvalue weighted by molar-refractivity contribution is -0.156. The van der Waals surface area contributed by atoms with Crippen LogP contribution in [0.3, 0.4) is 0 Å². The highest BCUT2D eigenvalue weighted by Gasteiger charge is 2.47. The first kappa shape index (κ1) is 72.5. The van der Waals surface area contributed by atoms with E-state index in [1.807, 2.05) is 13.8 Å². The molecule has 0 amide bonds. The minimum Gasteiger partial charge on any atom is -0.484 e. The van der Waals surface area contributed by atoms with Gasteiger partial charge in [0.05, 0.1) is 29.4 Å². The molecule has 2 unspecified atom stereocenters. The summed E-state index contributed by atoms with van der Waals surface area (Å²) in [4.78, 5) is 51.9. The van der Waals surface area contributed by atoms with Crippen molar-refractivity contribution in [2.75, 3.05) is 41.0 Å². The number of carboxylic acids is 1. The minimum absolute atomic E-state index is 0.0158. The van der Waals surface area contributed by atoms with Gasteiger partial charge in [0, 0.05) is 32.3 Å². The van der Waals surface area contributed by atoms with E-state index >= 15 is 0 Å². The molecule has 2 saturated heterocycles. The SMILES string of the molecule is COCOc1cc(OCC(F)(F)F)cc(/C=C/C[C@@H]2OC(C)(C)O[C@@H]2C(CC[C@@H](C)[C@H](C)O)OC(=O)c2ccccc2)c1C(=O)O.COCOc1cc(OCC(F)(F)F)cc2c1C(=O)O[C@@H](C)[C@H](C)/C=C\C(OC(=O)c1ccccc1)[C@H]1OC(C)(C)O[C@H]1C/C=C/2. The highest BCUT2D eigenvalue weighted by Crippen LogP contribution is 2.39. The van der Waals surface area contributed by atoms with Crippen LogP contribution in [0, 0.1) is 11.8 Å². The number of methoxy groups -OCH3 is 2. The molecule has 91 heavy (non-hydrogen) atoms. The Hall–Kier alpha value is -7.52. The summed E-state index contributed by atoms with van der Waals surface area (Å²) < 4.78 is 151. The smallest absolute Gasteiger partial charge is 0.422 e. The molecule has 4 aromatic carbocycles. The number of cyclic esters (lactones) is 1. The summed E-state index contributed by atoms with van der Waals surface area (Å²) in [5.74, 6) is -6.53. The van der Waals surface area contributed by atoms with Gasteiger partial charge in [0.1, 0.15) is 64.6 Å². The van der Waals surface area contributed by atoms with E-state index in [1.54, 1.807) is 133 Å². The van der Waals surface area contributed by atoms with Crippen molar-refractivity contribution in [3.05, 3.63) is 143 Å². The number of carboxylic acid groups (broad SMARTS) is 1. The number of benzene rings is 4. The lowest BCUT2D eigenvalue weighted by atomic mass is 9.94. The van der Waals surface area contributed by atoms with E-state index in [0.717, 1.165) is 6.07 Å². The van der Waals surface area contributed by atoms with Crippen molar-refractivity contribution in [3.63, 3.8) is 0 Å². The average Bonchev–Trinajstić information content (AvgIpc) is 2.03. The Kier molecular flexibility index (Phi) is 26.0. The van der Waals surface area contributed by atoms with Crippen molar-refractivity contribution in [3.8, 4) is 23.0 Å². The molecule has 4 aromatic rings. The molecule has 19 nitrogen and oxygen atoms in total. The van der Waals surface area contributed by atoms with Crippen molar-refractivity contribution in [2.24, 2.45) is 11.8 Å². The van der Waals surface area contributed by atoms with Gasteiger partial charge in [0.2, 0.25) is 0 Å². The molecule has 25 heteroatoms. The van der Waals surface area contributed by atoms with E-state index in [4.69, 9.17) is 61.6 Å². The maximum absolute atomic E-state index is 13.5. The first-order valence-electron chi connectivity index (χ1n) is 29.2. The molecule has 0 spiro atoms. The van der Waals surface area contributed by atoms with Crippen molar-refractivity contribution in [1.82, 2.24) is 0 Å². The maximum atomic E-state index is 13.5. The zero-order chi connectivity index (χ0) is 66.8. The van der Waals surface area contributed by atoms with Crippen LogP contribution < -0.4 is 18.9 Å². The predicted molar refractivity (Wildman–Crippen MR) is 317 cm³/mol. The van der Waals surface area contributed by atoms with Crippen LogP contribution in [0.2, 0.25) is 0 Å². The summed E-state index contributed by atoms with van der Waals surface area (Å²) in [6, 6.07) is 21.7. The van der Waals surface area contributed by atoms with Gasteiger partial charge in [-0.1, -0.05) is 80.6 Å². The number of rotatable bonds is 23. The van der Waals surface area contributed by atoms with Crippen LogP contribution in [0.1, 0.15) is 134 Å². The zero-order valence-electron chi connectivity index (χ0n) is 52.1. The highest BCUT2D eigenvalue weighted by atomic mass is 19.4. The number of alkyl halides is 6. The van der Waals surface area contributed by atoms with Crippen LogP contribution in [-0.2, 0) is 42.6 Å². The Morgan fingerprint density at radius 2 is 1.30 bits per heavy atom. The Balaban J connectivity index is 0.000000289. The predicted octanol–water partition coefficient (Wildman–Crippen LogP) is 12.8. The number of hydrogen-bond acceptors (Lipinski definition) is 18. The van der Waals surface area contributed by atoms with Gasteiger partial charge < -0.3 is 71.8 Å². The fraction of sp³-hybridized carbons (Fsp3) is 0.485. The molecule has 498 valence electrons. The van der Waals surface area contributed by atoms with Gasteiger partial charge in [-0.2, -0.15) is 26.3 Å². The van der Waals surface area contributed by atoms with E-state index in [2.05, 4.69) is 0 Å². The molecule has 0 radical (unpaired) electrons. The molecule has 0 aromatic heterocycles. The van der Waals surface area contributed by atoms with Gasteiger partial charge >= 0.3 is 36.2 Å². The number of aliphatic hydroxyl groups is 1. The monoisotopic (exact) mass is 1290 g/mol. The molecular weight excluding hydrogens is 1210 g/mol. The molecule has 0 saturated carbocycles. The highest BCUT2D eigenvalue weighted by molar-refractivity contribution is 5.97. The number of carbonyl (C=O) groups excluding carboxylic acids is 3. The number of carbonyl (C=O) groups is 4. The van der Waals surface area contributed by atoms with Gasteiger partial charge in [0.25, 0.3) is 0 Å². The Labute approximate surface area is 524 Å². The standard InChI is InChI=1S/C33H41F3O10.C33H37F3O9/c1-20(21(2)37)14-15-25(44-31(40)22-10-7-6-8-11-22)29-26(45-32(3,4)46-29)13-9-12-23-16-24(42-18-33(34,35)36)17-27(43-19-41-5)28(23)30(38)39;1-20-14-15-25(43-30(37)22-10-7-6-8-11-22)29-26(44-32(3,4)45-29)13-9-12-23-16-24(40-18-33(34,35)36)17-27(41-19-39-5)28(23)31(38)42-21(20)2/h6-12,16-17,20-21,25-26,29,37H,13-15,18-19H2,1-5H3,(H,38,39);6-12,14-17,20-21,25-26,29H,13,18-19H2,1-5H3/b12-9+;12-9+,15-14-/t2*20-,21+,25?,26+,29-/m11/s1. The molecule has 3 aliphatic rings. The first-order valence-corrected chi connectivity index (χ1v) is 29.2. The first-order chi connectivity index (χ1) is 42.9. The van der Waals surface area contributed by atoms with Crippen LogP contribution in [0.4, 0.5) is 26.3 Å². The van der Waals surface area contributed by atoms with Crippen molar-refractivity contribution < 1.29 is 117 Å². The molecule has 7 rings (SSSR count). The summed E-state index contributed by atoms with van der Waals surface area (Å²) in [5.41, 5.74) is 0.603. The van der Waals surface area contributed by atoms with Gasteiger partial charge in [-0.15, -0.1) is 0 Å². The maximum Gasteiger partial charge on any atom is 0.422 e. The Morgan fingerprint density at radius 1 is 0.725 bits per heavy atom. The van der Waals surface area contributed by atoms with Crippen LogP contribution in [0.15, 0.2) is 109 Å². The summed E-state index contributed by atoms with van der Waals surface area (Å²) in [5, 5.41) is 20.0. The molecular formula is C66H78F6O19. The van der Waals surface area contributed by atoms with E-state index in [1.165, 1.54) is 38.5 Å². The molecule has 3 heterocycles. The van der Waals surface area contributed by atoms with Crippen molar-refractivity contribution >= 4 is 36.0 Å². The van der Waals surface area contributed by atoms with Gasteiger partial charge in [-0.05, 0) is 127 Å². The average molecular weight is 1290 g/mol. The lowest BCUT2D eigenvalue weighted by Crippen LogP contribution is -2.39. The minimum atomic E-state index is -4.62. The third kappa shape index (κ3) is 22.4. The lowest BCUT2D eigenvalue weighted by Gasteiger charge is -2.28. The Bertz CT molecular complexity index is 3130. The van der Waals surface area contributed by atoms with Gasteiger partial charge in [-0.3, -0.25) is 0 Å². The van der Waals surface area contributed by atoms with Crippen LogP contribution >= 0.6 is 0 Å². The van der Waals surface area contributed by atoms with E-state index in [0.29, 0.717) is 24.0 Å². The fourth-order valence-corrected chi connectivity index (χ4v) is 9.74. The number of ether oxygens (including phenoxy) is 13. The fourth-order valence-electron chi connectivity index (χ4n) is 9.74. The van der Waals surface area contributed by atoms with Crippen molar-refractivity contribution in [2.45, 2.75) is 154 Å². The van der Waals surface area contributed by atoms with Crippen LogP contribution in [0.25, 0.3) is 12.2 Å². The summed E-state index contributed by atoms with van der Waals surface area (Å²) in [7, 11) is 2.67. The second-order valence-electron chi connectivity index (χ2n) is 22.7. The van der Waals surface area contributed by atoms with Gasteiger partial charge in [0.15, 0.2) is 38.4 Å². The summed E-state index contributed by atoms with van der Waals surface area (Å²) in [6.07, 6.45) is -3.87. The molecule has 0 aliphatic carbocycles. The topological polar surface area (TPSA) is 229 Å². The largest absolute Gasteiger partial charge is 0.484 e. The van der Waals surface area contributed by atoms with Crippen LogP contribution in [-0.4, -0.2) is 148 Å². The number of aromatic carboxylic acids is 1. The molecule has 2 fully saturated rings. The molecule has 0 bridgehead atoms. The number of esters is 3. The molecule has 2 N–H and O–H groups in total. The number of aliphatic hydroxyl groups excluding tert-OH is 1. The van der Waals surface area contributed by atoms with E-state index in [-0.39, 0.29) is 83.5 Å². The van der Waals surface area contributed by atoms with Crippen LogP contribution in [0.5, 0.6) is 23.0 Å². The molecule has 3 aliphatic heterocycles. The Morgan fingerprint density at radius 3 is 1.88 bits per heavy atom. The second kappa shape index (κ2) is 32.7. The third-order valence-corrected chi connectivity index (χ3v) is 14.5. The summed E-state index contributed by atoms with van der Waals surface area (Å²) >= 11 is 0. The zero-order valence-corrected chi connectivity index (χ0v) is 52.1.